The third-order valence-corrected chi connectivity index (χ3v) is 6.61. The first kappa shape index (κ1) is 33.8. The molecule has 2 amide bonds. The lowest BCUT2D eigenvalue weighted by atomic mass is 9.97. The van der Waals surface area contributed by atoms with Gasteiger partial charge in [-0.3, -0.25) is 14.4 Å². The molecule has 1 unspecified atom stereocenters. The summed E-state index contributed by atoms with van der Waals surface area (Å²) >= 11 is 0. The first-order valence-corrected chi connectivity index (χ1v) is 14.2. The van der Waals surface area contributed by atoms with E-state index in [9.17, 15) is 32.3 Å². The van der Waals surface area contributed by atoms with Crippen molar-refractivity contribution in [1.82, 2.24) is 15.6 Å². The van der Waals surface area contributed by atoms with Crippen LogP contribution >= 0.6 is 0 Å². The van der Waals surface area contributed by atoms with Gasteiger partial charge in [-0.25, -0.2) is 9.78 Å². The van der Waals surface area contributed by atoms with Gasteiger partial charge in [0.1, 0.15) is 11.9 Å². The Kier molecular flexibility index (Phi) is 12.4. The maximum Gasteiger partial charge on any atom is 0.491 e. The van der Waals surface area contributed by atoms with E-state index in [1.165, 1.54) is 0 Å². The summed E-state index contributed by atoms with van der Waals surface area (Å²) in [5.41, 5.74) is 2.13. The SMILES string of the molecule is CC(C)[C@H](NC(=O)CCCCNc1ccccn1)C(=O)NC(CC(=O)OC(=O)C(F)(F)F)c1ccc(-c2ccccc2)cc1. The molecule has 0 radical (unpaired) electrons. The number of nitrogens with zero attached hydrogens (tertiary/aromatic N) is 1. The monoisotopic (exact) mass is 612 g/mol. The third-order valence-electron chi connectivity index (χ3n) is 6.61. The topological polar surface area (TPSA) is 126 Å². The van der Waals surface area contributed by atoms with E-state index in [0.29, 0.717) is 24.9 Å². The van der Waals surface area contributed by atoms with E-state index in [0.717, 1.165) is 16.9 Å². The molecule has 12 heteroatoms. The number of alkyl halides is 3. The maximum atomic E-state index is 13.3. The second kappa shape index (κ2) is 16.2. The van der Waals surface area contributed by atoms with E-state index >= 15 is 0 Å². The highest BCUT2D eigenvalue weighted by Crippen LogP contribution is 2.25. The Labute approximate surface area is 253 Å². The van der Waals surface area contributed by atoms with Crippen LogP contribution in [0.4, 0.5) is 19.0 Å². The van der Waals surface area contributed by atoms with Crippen LogP contribution in [0.2, 0.25) is 0 Å². The number of amides is 2. The van der Waals surface area contributed by atoms with Gasteiger partial charge < -0.3 is 20.7 Å². The Bertz CT molecular complexity index is 1380. The van der Waals surface area contributed by atoms with Crippen LogP contribution in [0.3, 0.4) is 0 Å². The van der Waals surface area contributed by atoms with Crippen LogP contribution in [0.25, 0.3) is 11.1 Å². The summed E-state index contributed by atoms with van der Waals surface area (Å²) in [5.74, 6) is -4.73. The number of aromatic nitrogens is 1. The molecule has 3 rings (SSSR count). The van der Waals surface area contributed by atoms with Crippen LogP contribution in [0.15, 0.2) is 79.0 Å². The van der Waals surface area contributed by atoms with Crippen LogP contribution in [0, 0.1) is 5.92 Å². The number of ether oxygens (including phenoxy) is 1. The predicted molar refractivity (Wildman–Crippen MR) is 158 cm³/mol. The molecule has 3 N–H and O–H groups in total. The normalized spacial score (nSPS) is 12.6. The molecule has 2 aromatic carbocycles. The number of anilines is 1. The smallest absolute Gasteiger partial charge is 0.386 e. The first-order valence-electron chi connectivity index (χ1n) is 14.2. The molecule has 0 fully saturated rings. The van der Waals surface area contributed by atoms with Gasteiger partial charge >= 0.3 is 18.1 Å². The van der Waals surface area contributed by atoms with E-state index in [1.807, 2.05) is 42.5 Å². The lowest BCUT2D eigenvalue weighted by Crippen LogP contribution is -2.50. The summed E-state index contributed by atoms with van der Waals surface area (Å²) < 4.78 is 42.0. The summed E-state index contributed by atoms with van der Waals surface area (Å²) in [6, 6.07) is 19.4. The van der Waals surface area contributed by atoms with Crippen molar-refractivity contribution in [2.75, 3.05) is 11.9 Å². The highest BCUT2D eigenvalue weighted by Gasteiger charge is 2.42. The molecule has 1 heterocycles. The zero-order chi connectivity index (χ0) is 32.1. The molecule has 234 valence electrons. The van der Waals surface area contributed by atoms with E-state index in [4.69, 9.17) is 0 Å². The van der Waals surface area contributed by atoms with Crippen molar-refractivity contribution in [3.05, 3.63) is 84.6 Å². The number of benzene rings is 2. The van der Waals surface area contributed by atoms with E-state index in [-0.39, 0.29) is 18.2 Å². The highest BCUT2D eigenvalue weighted by atomic mass is 19.4. The van der Waals surface area contributed by atoms with Gasteiger partial charge in [-0.05, 0) is 47.6 Å². The van der Waals surface area contributed by atoms with Crippen molar-refractivity contribution in [3.8, 4) is 11.1 Å². The number of nitrogens with one attached hydrogen (secondary N) is 3. The lowest BCUT2D eigenvalue weighted by molar-refractivity contribution is -0.202. The van der Waals surface area contributed by atoms with Gasteiger partial charge in [-0.15, -0.1) is 0 Å². The average Bonchev–Trinajstić information content (AvgIpc) is 2.99. The minimum atomic E-state index is -5.35. The maximum absolute atomic E-state index is 13.3. The molecule has 0 saturated carbocycles. The van der Waals surface area contributed by atoms with Crippen molar-refractivity contribution < 1.29 is 37.1 Å². The van der Waals surface area contributed by atoms with Gasteiger partial charge in [-0.1, -0.05) is 74.5 Å². The Morgan fingerprint density at radius 1 is 0.841 bits per heavy atom. The van der Waals surface area contributed by atoms with Gasteiger partial charge in [0, 0.05) is 19.2 Å². The molecule has 0 aliphatic rings. The van der Waals surface area contributed by atoms with Gasteiger partial charge in [-0.2, -0.15) is 13.2 Å². The predicted octanol–water partition coefficient (Wildman–Crippen LogP) is 5.35. The second-order valence-corrected chi connectivity index (χ2v) is 10.4. The first-order chi connectivity index (χ1) is 20.9. The molecule has 9 nitrogen and oxygen atoms in total. The molecule has 2 atom stereocenters. The zero-order valence-corrected chi connectivity index (χ0v) is 24.4. The fourth-order valence-corrected chi connectivity index (χ4v) is 4.30. The number of hydrogen-bond acceptors (Lipinski definition) is 7. The quantitative estimate of drug-likeness (QED) is 0.127. The summed E-state index contributed by atoms with van der Waals surface area (Å²) in [4.78, 5) is 53.7. The lowest BCUT2D eigenvalue weighted by Gasteiger charge is -2.26. The Hall–Kier alpha value is -4.74. The Balaban J connectivity index is 1.66. The number of carbonyl (C=O) groups is 4. The summed E-state index contributed by atoms with van der Waals surface area (Å²) in [6.07, 6.45) is -3.04. The van der Waals surface area contributed by atoms with Crippen LogP contribution in [0.1, 0.15) is 51.1 Å². The van der Waals surface area contributed by atoms with Crippen LogP contribution < -0.4 is 16.0 Å². The second-order valence-electron chi connectivity index (χ2n) is 10.4. The fourth-order valence-electron chi connectivity index (χ4n) is 4.30. The van der Waals surface area contributed by atoms with Crippen molar-refractivity contribution in [2.45, 2.75) is 57.8 Å². The number of hydrogen-bond donors (Lipinski definition) is 3. The molecular weight excluding hydrogens is 577 g/mol. The number of rotatable bonds is 14. The number of unbranched alkanes of at least 4 members (excludes halogenated alkanes) is 1. The zero-order valence-electron chi connectivity index (χ0n) is 24.4. The van der Waals surface area contributed by atoms with Gasteiger partial charge in [0.05, 0.1) is 12.5 Å². The number of pyridine rings is 1. The minimum Gasteiger partial charge on any atom is -0.386 e. The molecule has 0 spiro atoms. The number of esters is 2. The highest BCUT2D eigenvalue weighted by molar-refractivity contribution is 5.90. The molecule has 0 bridgehead atoms. The summed E-state index contributed by atoms with van der Waals surface area (Å²) in [7, 11) is 0. The standard InChI is InChI=1S/C32H35F3N4O5/c1-21(2)29(39-27(40)13-7-9-19-37-26-12-6-8-18-36-26)30(42)38-25(20-28(41)44-31(43)32(33,34)35)24-16-14-23(15-17-24)22-10-4-3-5-11-22/h3-6,8,10-12,14-18,21,25,29H,7,9,13,19-20H2,1-2H3,(H,36,37)(H,38,42)(H,39,40)/t25?,29-/m0/s1. The average molecular weight is 613 g/mol. The van der Waals surface area contributed by atoms with E-state index < -0.39 is 42.5 Å². The van der Waals surface area contributed by atoms with Crippen molar-refractivity contribution in [2.24, 2.45) is 5.92 Å². The Morgan fingerprint density at radius 2 is 1.50 bits per heavy atom. The molecule has 1 aromatic heterocycles. The third kappa shape index (κ3) is 10.8. The molecular formula is C32H35F3N4O5. The molecule has 0 saturated heterocycles. The minimum absolute atomic E-state index is 0.163. The summed E-state index contributed by atoms with van der Waals surface area (Å²) in [5, 5.41) is 8.52. The molecule has 44 heavy (non-hydrogen) atoms. The van der Waals surface area contributed by atoms with Crippen molar-refractivity contribution in [1.29, 1.82) is 0 Å². The van der Waals surface area contributed by atoms with E-state index in [1.54, 1.807) is 50.4 Å². The van der Waals surface area contributed by atoms with Crippen molar-refractivity contribution >= 4 is 29.6 Å². The number of halogens is 3. The van der Waals surface area contributed by atoms with Crippen LogP contribution in [-0.4, -0.2) is 47.5 Å². The van der Waals surface area contributed by atoms with Gasteiger partial charge in [0.25, 0.3) is 0 Å². The molecule has 0 aliphatic carbocycles. The molecule has 0 aliphatic heterocycles. The van der Waals surface area contributed by atoms with E-state index in [2.05, 4.69) is 25.7 Å². The van der Waals surface area contributed by atoms with Crippen LogP contribution in [-0.2, 0) is 23.9 Å². The number of carbonyl (C=O) groups excluding carboxylic acids is 4. The van der Waals surface area contributed by atoms with Gasteiger partial charge in [0.15, 0.2) is 0 Å². The van der Waals surface area contributed by atoms with Gasteiger partial charge in [0.2, 0.25) is 11.8 Å². The van der Waals surface area contributed by atoms with Crippen molar-refractivity contribution in [3.63, 3.8) is 0 Å². The largest absolute Gasteiger partial charge is 0.491 e. The fraction of sp³-hybridized carbons (Fsp3) is 0.344. The Morgan fingerprint density at radius 3 is 2.11 bits per heavy atom. The molecule has 3 aromatic rings. The van der Waals surface area contributed by atoms with Crippen LogP contribution in [0.5, 0.6) is 0 Å². The summed E-state index contributed by atoms with van der Waals surface area (Å²) in [6.45, 7) is 4.05.